The first kappa shape index (κ1) is 15.4. The van der Waals surface area contributed by atoms with E-state index < -0.39 is 11.9 Å². The average molecular weight is 246 g/mol. The molecular formula is C11H18O6. The van der Waals surface area contributed by atoms with Crippen molar-refractivity contribution in [2.24, 2.45) is 5.92 Å². The van der Waals surface area contributed by atoms with Crippen LogP contribution in [0.1, 0.15) is 33.1 Å². The molecule has 0 bridgehead atoms. The van der Waals surface area contributed by atoms with Crippen LogP contribution in [0.25, 0.3) is 0 Å². The normalized spacial score (nSPS) is 11.6. The number of carbonyl (C=O) groups is 3. The summed E-state index contributed by atoms with van der Waals surface area (Å²) in [6.07, 6.45) is 0.261. The fourth-order valence-electron chi connectivity index (χ4n) is 0.888. The Hall–Kier alpha value is -1.59. The Bertz CT molecular complexity index is 273. The summed E-state index contributed by atoms with van der Waals surface area (Å²) in [7, 11) is 0. The Balaban J connectivity index is 3.54. The second kappa shape index (κ2) is 8.55. The predicted molar refractivity (Wildman–Crippen MR) is 58.2 cm³/mol. The van der Waals surface area contributed by atoms with Crippen LogP contribution in [0, 0.1) is 5.92 Å². The third kappa shape index (κ3) is 8.24. The molecule has 0 aliphatic rings. The minimum atomic E-state index is -1.05. The average Bonchev–Trinajstić information content (AvgIpc) is 2.30. The number of aliphatic carboxylic acids is 1. The highest BCUT2D eigenvalue weighted by Crippen LogP contribution is 2.02. The molecule has 0 spiro atoms. The molecule has 0 heterocycles. The van der Waals surface area contributed by atoms with Gasteiger partial charge in [0.1, 0.15) is 13.2 Å². The van der Waals surface area contributed by atoms with Gasteiger partial charge in [0.15, 0.2) is 0 Å². The Morgan fingerprint density at radius 1 is 1.12 bits per heavy atom. The quantitative estimate of drug-likeness (QED) is 0.507. The first-order chi connectivity index (χ1) is 7.97. The molecule has 98 valence electrons. The van der Waals surface area contributed by atoms with Gasteiger partial charge in [0.05, 0.1) is 18.8 Å². The van der Waals surface area contributed by atoms with E-state index in [0.717, 1.165) is 0 Å². The Morgan fingerprint density at radius 2 is 1.71 bits per heavy atom. The monoisotopic (exact) mass is 246 g/mol. The molecule has 0 aliphatic carbocycles. The minimum absolute atomic E-state index is 0.00197. The van der Waals surface area contributed by atoms with Gasteiger partial charge in [0.25, 0.3) is 0 Å². The molecule has 6 nitrogen and oxygen atoms in total. The molecular weight excluding hydrogens is 228 g/mol. The number of hydrogen-bond donors (Lipinski definition) is 1. The number of carbonyl (C=O) groups excluding carboxylic acids is 2. The van der Waals surface area contributed by atoms with Gasteiger partial charge in [-0.25, -0.2) is 0 Å². The van der Waals surface area contributed by atoms with Crippen molar-refractivity contribution in [1.29, 1.82) is 0 Å². The van der Waals surface area contributed by atoms with Crippen molar-refractivity contribution in [3.63, 3.8) is 0 Å². The van der Waals surface area contributed by atoms with Crippen molar-refractivity contribution in [3.05, 3.63) is 0 Å². The second-order valence-electron chi connectivity index (χ2n) is 3.59. The summed E-state index contributed by atoms with van der Waals surface area (Å²) in [4.78, 5) is 32.3. The summed E-state index contributed by atoms with van der Waals surface area (Å²) in [5.41, 5.74) is 0. The standard InChI is InChI=1S/C11H18O6/c1-3-8(2)11(15)17-7-6-16-10(14)5-4-9(12)13/h8H,3-7H2,1-2H3,(H,12,13)/t8-/m0/s1. The van der Waals surface area contributed by atoms with Gasteiger partial charge < -0.3 is 14.6 Å². The van der Waals surface area contributed by atoms with Gasteiger partial charge in [-0.15, -0.1) is 0 Å². The summed E-state index contributed by atoms with van der Waals surface area (Å²) in [6.45, 7) is 3.58. The third-order valence-corrected chi connectivity index (χ3v) is 2.15. The maximum Gasteiger partial charge on any atom is 0.308 e. The molecule has 6 heteroatoms. The van der Waals surface area contributed by atoms with Gasteiger partial charge in [-0.2, -0.15) is 0 Å². The first-order valence-electron chi connectivity index (χ1n) is 5.51. The van der Waals surface area contributed by atoms with Crippen molar-refractivity contribution in [2.45, 2.75) is 33.1 Å². The van der Waals surface area contributed by atoms with Crippen LogP contribution < -0.4 is 0 Å². The highest BCUT2D eigenvalue weighted by atomic mass is 16.6. The smallest absolute Gasteiger partial charge is 0.308 e. The Kier molecular flexibility index (Phi) is 7.75. The summed E-state index contributed by atoms with van der Waals surface area (Å²) >= 11 is 0. The zero-order chi connectivity index (χ0) is 13.3. The molecule has 0 unspecified atom stereocenters. The Morgan fingerprint density at radius 3 is 2.24 bits per heavy atom. The highest BCUT2D eigenvalue weighted by molar-refractivity contribution is 5.76. The van der Waals surface area contributed by atoms with Gasteiger partial charge in [0, 0.05) is 0 Å². The topological polar surface area (TPSA) is 89.9 Å². The van der Waals surface area contributed by atoms with Crippen LogP contribution in [0.3, 0.4) is 0 Å². The van der Waals surface area contributed by atoms with E-state index in [4.69, 9.17) is 9.84 Å². The van der Waals surface area contributed by atoms with Gasteiger partial charge in [-0.1, -0.05) is 13.8 Å². The molecule has 1 atom stereocenters. The van der Waals surface area contributed by atoms with Crippen molar-refractivity contribution in [1.82, 2.24) is 0 Å². The fourth-order valence-corrected chi connectivity index (χ4v) is 0.888. The maximum atomic E-state index is 11.2. The molecule has 17 heavy (non-hydrogen) atoms. The minimum Gasteiger partial charge on any atom is -0.481 e. The van der Waals surface area contributed by atoms with Crippen LogP contribution >= 0.6 is 0 Å². The van der Waals surface area contributed by atoms with Crippen LogP contribution in [0.15, 0.2) is 0 Å². The predicted octanol–water partition coefficient (Wildman–Crippen LogP) is 0.984. The van der Waals surface area contributed by atoms with Gasteiger partial charge in [-0.3, -0.25) is 14.4 Å². The van der Waals surface area contributed by atoms with E-state index in [1.165, 1.54) is 0 Å². The fraction of sp³-hybridized carbons (Fsp3) is 0.727. The molecule has 0 rings (SSSR count). The summed E-state index contributed by atoms with van der Waals surface area (Å²) in [5, 5.41) is 8.32. The zero-order valence-electron chi connectivity index (χ0n) is 10.1. The third-order valence-electron chi connectivity index (χ3n) is 2.15. The van der Waals surface area contributed by atoms with E-state index in [0.29, 0.717) is 6.42 Å². The van der Waals surface area contributed by atoms with E-state index in [-0.39, 0.29) is 37.9 Å². The van der Waals surface area contributed by atoms with Crippen molar-refractivity contribution in [3.8, 4) is 0 Å². The lowest BCUT2D eigenvalue weighted by atomic mass is 10.1. The zero-order valence-corrected chi connectivity index (χ0v) is 10.1. The SMILES string of the molecule is CC[C@H](C)C(=O)OCCOC(=O)CCC(=O)O. The number of esters is 2. The van der Waals surface area contributed by atoms with Crippen molar-refractivity contribution < 1.29 is 29.0 Å². The Labute approximate surface area is 99.9 Å². The van der Waals surface area contributed by atoms with Gasteiger partial charge >= 0.3 is 17.9 Å². The number of carboxylic acid groups (broad SMARTS) is 1. The largest absolute Gasteiger partial charge is 0.481 e. The molecule has 0 fully saturated rings. The van der Waals surface area contributed by atoms with E-state index in [2.05, 4.69) is 4.74 Å². The van der Waals surface area contributed by atoms with E-state index in [9.17, 15) is 14.4 Å². The summed E-state index contributed by atoms with van der Waals surface area (Å²) < 4.78 is 9.51. The first-order valence-corrected chi connectivity index (χ1v) is 5.51. The van der Waals surface area contributed by atoms with Crippen LogP contribution in [0.5, 0.6) is 0 Å². The van der Waals surface area contributed by atoms with Crippen LogP contribution in [0.4, 0.5) is 0 Å². The lowest BCUT2D eigenvalue weighted by Crippen LogP contribution is -2.18. The van der Waals surface area contributed by atoms with Crippen LogP contribution in [-0.2, 0) is 23.9 Å². The molecule has 0 aromatic rings. The summed E-state index contributed by atoms with van der Waals surface area (Å²) in [6, 6.07) is 0. The van der Waals surface area contributed by atoms with Gasteiger partial charge in [0.2, 0.25) is 0 Å². The lowest BCUT2D eigenvalue weighted by molar-refractivity contribution is -0.155. The number of ether oxygens (including phenoxy) is 2. The van der Waals surface area contributed by atoms with Gasteiger partial charge in [-0.05, 0) is 6.42 Å². The molecule has 0 aromatic heterocycles. The van der Waals surface area contributed by atoms with Crippen LogP contribution in [0.2, 0.25) is 0 Å². The number of rotatable bonds is 8. The molecule has 1 N–H and O–H groups in total. The molecule has 0 saturated heterocycles. The second-order valence-corrected chi connectivity index (χ2v) is 3.59. The van der Waals surface area contributed by atoms with Crippen molar-refractivity contribution in [2.75, 3.05) is 13.2 Å². The molecule has 0 saturated carbocycles. The van der Waals surface area contributed by atoms with Crippen LogP contribution in [-0.4, -0.2) is 36.2 Å². The van der Waals surface area contributed by atoms with Crippen molar-refractivity contribution >= 4 is 17.9 Å². The maximum absolute atomic E-state index is 11.2. The van der Waals surface area contributed by atoms with E-state index >= 15 is 0 Å². The lowest BCUT2D eigenvalue weighted by Gasteiger charge is -2.09. The summed E-state index contributed by atoms with van der Waals surface area (Å²) in [5.74, 6) is -2.15. The molecule has 0 aromatic carbocycles. The van der Waals surface area contributed by atoms with E-state index in [1.54, 1.807) is 6.92 Å². The van der Waals surface area contributed by atoms with E-state index in [1.807, 2.05) is 6.92 Å². The molecule has 0 aliphatic heterocycles. The highest BCUT2D eigenvalue weighted by Gasteiger charge is 2.12. The number of hydrogen-bond acceptors (Lipinski definition) is 5. The molecule has 0 amide bonds. The number of carboxylic acids is 1. The molecule has 0 radical (unpaired) electrons.